The topological polar surface area (TPSA) is 109 Å². The van der Waals surface area contributed by atoms with Crippen molar-refractivity contribution in [2.24, 2.45) is 0 Å². The molecule has 0 heterocycles. The lowest BCUT2D eigenvalue weighted by Gasteiger charge is -2.22. The number of benzene rings is 2. The lowest BCUT2D eigenvalue weighted by atomic mass is 10.1. The second kappa shape index (κ2) is 36.4. The molecule has 57 heavy (non-hydrogen) atoms. The quantitative estimate of drug-likeness (QED) is 0.0500. The molecule has 0 aromatic heterocycles. The Morgan fingerprint density at radius 3 is 1.68 bits per heavy atom. The smallest absolute Gasteiger partial charge is 0.404 e. The van der Waals surface area contributed by atoms with Gasteiger partial charge in [0.05, 0.1) is 18.8 Å². The van der Waals surface area contributed by atoms with Crippen molar-refractivity contribution in [3.8, 4) is 0 Å². The van der Waals surface area contributed by atoms with Crippen molar-refractivity contribution in [3.63, 3.8) is 0 Å². The molecule has 4 N–H and O–H groups in total. The van der Waals surface area contributed by atoms with E-state index in [0.29, 0.717) is 45.7 Å². The van der Waals surface area contributed by atoms with E-state index < -0.39 is 12.1 Å². The maximum Gasteiger partial charge on any atom is 0.404 e. The first-order valence-corrected chi connectivity index (χ1v) is 23.7. The Morgan fingerprint density at radius 2 is 1.12 bits per heavy atom. The SMILES string of the molecule is CCCCCCCCCCCCCCOCC(CNC(=O)[C@H](CCCCNC(=O)O)NCc1ccc2ccccc2c1)OCCCCCCCCCCCCCC. The third-order valence-corrected chi connectivity index (χ3v) is 11.2. The molecule has 2 atom stereocenters. The van der Waals surface area contributed by atoms with Crippen LogP contribution in [0.15, 0.2) is 42.5 Å². The first kappa shape index (κ1) is 50.5. The molecular weight excluding hydrogens is 711 g/mol. The summed E-state index contributed by atoms with van der Waals surface area (Å²) >= 11 is 0. The number of ether oxygens (including phenoxy) is 2. The molecule has 2 aromatic carbocycles. The summed E-state index contributed by atoms with van der Waals surface area (Å²) in [7, 11) is 0. The van der Waals surface area contributed by atoms with E-state index in [0.717, 1.165) is 31.4 Å². The Hall–Kier alpha value is -2.68. The third kappa shape index (κ3) is 28.4. The molecule has 0 aliphatic heterocycles. The van der Waals surface area contributed by atoms with Crippen molar-refractivity contribution in [2.45, 2.75) is 206 Å². The molecule has 2 aromatic rings. The number of unbranched alkanes of at least 4 members (excludes halogenated alkanes) is 23. The van der Waals surface area contributed by atoms with Gasteiger partial charge in [-0.25, -0.2) is 4.79 Å². The molecule has 0 saturated carbocycles. The summed E-state index contributed by atoms with van der Waals surface area (Å²) in [4.78, 5) is 24.6. The van der Waals surface area contributed by atoms with Gasteiger partial charge in [0, 0.05) is 32.8 Å². The number of carbonyl (C=O) groups excluding carboxylic acids is 1. The first-order chi connectivity index (χ1) is 28.0. The Balaban J connectivity index is 1.80. The second-order valence-corrected chi connectivity index (χ2v) is 16.4. The summed E-state index contributed by atoms with van der Waals surface area (Å²) < 4.78 is 12.5. The Bertz CT molecular complexity index is 1240. The van der Waals surface area contributed by atoms with Crippen LogP contribution in [0.25, 0.3) is 10.8 Å². The highest BCUT2D eigenvalue weighted by atomic mass is 16.5. The third-order valence-electron chi connectivity index (χ3n) is 11.2. The summed E-state index contributed by atoms with van der Waals surface area (Å²) in [6.45, 7) is 7.79. The molecule has 0 saturated heterocycles. The average molecular weight is 796 g/mol. The maximum atomic E-state index is 13.7. The van der Waals surface area contributed by atoms with Crippen molar-refractivity contribution < 1.29 is 24.2 Å². The van der Waals surface area contributed by atoms with Gasteiger partial charge >= 0.3 is 6.09 Å². The Morgan fingerprint density at radius 1 is 0.596 bits per heavy atom. The van der Waals surface area contributed by atoms with Crippen molar-refractivity contribution in [1.82, 2.24) is 16.0 Å². The van der Waals surface area contributed by atoms with E-state index in [1.54, 1.807) is 0 Å². The van der Waals surface area contributed by atoms with Crippen molar-refractivity contribution in [2.75, 3.05) is 32.9 Å². The molecule has 2 rings (SSSR count). The number of nitrogens with one attached hydrogen (secondary N) is 3. The van der Waals surface area contributed by atoms with Gasteiger partial charge in [0.1, 0.15) is 0 Å². The molecule has 8 heteroatoms. The molecule has 2 amide bonds. The van der Waals surface area contributed by atoms with Crippen LogP contribution in [0, 0.1) is 0 Å². The number of carboxylic acid groups (broad SMARTS) is 1. The van der Waals surface area contributed by atoms with Gasteiger partial charge in [-0.3, -0.25) is 4.79 Å². The fourth-order valence-electron chi connectivity index (χ4n) is 7.54. The Kier molecular flexibility index (Phi) is 32.2. The highest BCUT2D eigenvalue weighted by molar-refractivity contribution is 5.83. The minimum atomic E-state index is -1.02. The van der Waals surface area contributed by atoms with Crippen LogP contribution in [0.1, 0.15) is 193 Å². The molecule has 1 unspecified atom stereocenters. The molecule has 0 fully saturated rings. The maximum absolute atomic E-state index is 13.7. The summed E-state index contributed by atoms with van der Waals surface area (Å²) in [6.07, 6.45) is 32.3. The first-order valence-electron chi connectivity index (χ1n) is 23.7. The lowest BCUT2D eigenvalue weighted by Crippen LogP contribution is -2.47. The van der Waals surface area contributed by atoms with E-state index in [1.807, 2.05) is 12.1 Å². The Labute approximate surface area is 348 Å². The number of carbonyl (C=O) groups is 2. The number of amides is 2. The average Bonchev–Trinajstić information content (AvgIpc) is 3.22. The molecule has 0 aliphatic carbocycles. The molecule has 326 valence electrons. The fourth-order valence-corrected chi connectivity index (χ4v) is 7.54. The fraction of sp³-hybridized carbons (Fsp3) is 0.755. The largest absolute Gasteiger partial charge is 0.465 e. The number of hydrogen-bond acceptors (Lipinski definition) is 5. The van der Waals surface area contributed by atoms with Gasteiger partial charge in [-0.2, -0.15) is 0 Å². The molecule has 0 radical (unpaired) electrons. The minimum Gasteiger partial charge on any atom is -0.465 e. The predicted octanol–water partition coefficient (Wildman–Crippen LogP) is 12.7. The molecule has 0 spiro atoms. The van der Waals surface area contributed by atoms with Crippen LogP contribution in [-0.4, -0.2) is 62.2 Å². The minimum absolute atomic E-state index is 0.0538. The van der Waals surface area contributed by atoms with Gasteiger partial charge in [0.2, 0.25) is 5.91 Å². The van der Waals surface area contributed by atoms with E-state index in [2.05, 4.69) is 60.1 Å². The number of hydrogen-bond donors (Lipinski definition) is 4. The summed E-state index contributed by atoms with van der Waals surface area (Å²) in [5, 5.41) is 20.4. The van der Waals surface area contributed by atoms with E-state index in [4.69, 9.17) is 14.6 Å². The van der Waals surface area contributed by atoms with Crippen molar-refractivity contribution in [1.29, 1.82) is 0 Å². The van der Waals surface area contributed by atoms with Crippen molar-refractivity contribution in [3.05, 3.63) is 48.0 Å². The second-order valence-electron chi connectivity index (χ2n) is 16.4. The van der Waals surface area contributed by atoms with Gasteiger partial charge in [-0.05, 0) is 54.5 Å². The zero-order valence-electron chi connectivity index (χ0n) is 36.6. The zero-order valence-corrected chi connectivity index (χ0v) is 36.6. The van der Waals surface area contributed by atoms with Crippen LogP contribution >= 0.6 is 0 Å². The van der Waals surface area contributed by atoms with Gasteiger partial charge < -0.3 is 30.5 Å². The van der Waals surface area contributed by atoms with Crippen LogP contribution in [0.2, 0.25) is 0 Å². The van der Waals surface area contributed by atoms with Gasteiger partial charge in [0.15, 0.2) is 0 Å². The zero-order chi connectivity index (χ0) is 40.9. The van der Waals surface area contributed by atoms with Crippen LogP contribution < -0.4 is 16.0 Å². The molecule has 8 nitrogen and oxygen atoms in total. The normalized spacial score (nSPS) is 12.5. The summed E-state index contributed by atoms with van der Waals surface area (Å²) in [5.41, 5.74) is 1.12. The van der Waals surface area contributed by atoms with Crippen LogP contribution in [0.3, 0.4) is 0 Å². The van der Waals surface area contributed by atoms with Crippen molar-refractivity contribution >= 4 is 22.8 Å². The molecular formula is C49H85N3O5. The molecule has 0 aliphatic rings. The van der Waals surface area contributed by atoms with Crippen LogP contribution in [0.5, 0.6) is 0 Å². The lowest BCUT2D eigenvalue weighted by molar-refractivity contribution is -0.124. The van der Waals surface area contributed by atoms with E-state index in [1.165, 1.54) is 152 Å². The standard InChI is InChI=1S/C49H85N3O5/c1-3-5-7-9-11-13-15-17-19-21-23-29-37-56-42-46(57-38-30-24-22-20-18-16-14-12-10-8-6-4-2)41-52-48(53)47(33-27-28-36-50-49(54)55)51-40-43-34-35-44-31-25-26-32-45(44)39-43/h25-26,31-32,34-35,39,46-47,50-51H,3-24,27-30,33,36-38,40-42H2,1-2H3,(H,52,53)(H,54,55)/t46?,47-/m0/s1. The van der Waals surface area contributed by atoms with Crippen LogP contribution in [-0.2, 0) is 20.8 Å². The number of fused-ring (bicyclic) bond motifs is 1. The highest BCUT2D eigenvalue weighted by Crippen LogP contribution is 2.17. The highest BCUT2D eigenvalue weighted by Gasteiger charge is 2.20. The number of rotatable bonds is 40. The van der Waals surface area contributed by atoms with Gasteiger partial charge in [-0.1, -0.05) is 192 Å². The van der Waals surface area contributed by atoms with E-state index in [9.17, 15) is 9.59 Å². The summed E-state index contributed by atoms with van der Waals surface area (Å²) in [5.74, 6) is -0.0538. The predicted molar refractivity (Wildman–Crippen MR) is 240 cm³/mol. The molecule has 0 bridgehead atoms. The van der Waals surface area contributed by atoms with Crippen LogP contribution in [0.4, 0.5) is 4.79 Å². The summed E-state index contributed by atoms with van der Waals surface area (Å²) in [6, 6.07) is 14.3. The van der Waals surface area contributed by atoms with E-state index >= 15 is 0 Å². The van der Waals surface area contributed by atoms with E-state index in [-0.39, 0.29) is 12.0 Å². The monoisotopic (exact) mass is 796 g/mol. The van der Waals surface area contributed by atoms with Gasteiger partial charge in [-0.15, -0.1) is 0 Å². The van der Waals surface area contributed by atoms with Gasteiger partial charge in [0.25, 0.3) is 0 Å².